The second kappa shape index (κ2) is 7.34. The van der Waals surface area contributed by atoms with Crippen LogP contribution in [0.25, 0.3) is 0 Å². The Balaban J connectivity index is 1.99. The molecule has 2 rings (SSSR count). The number of hydrogen-bond acceptors (Lipinski definition) is 1. The lowest BCUT2D eigenvalue weighted by molar-refractivity contribution is 0.248. The van der Waals surface area contributed by atoms with Crippen LogP contribution in [-0.4, -0.2) is 6.03 Å². The van der Waals surface area contributed by atoms with Crippen LogP contribution in [-0.2, 0) is 0 Å². The van der Waals surface area contributed by atoms with Crippen LogP contribution in [0.3, 0.4) is 0 Å². The molecule has 110 valence electrons. The van der Waals surface area contributed by atoms with Crippen LogP contribution >= 0.6 is 23.2 Å². The van der Waals surface area contributed by atoms with Crippen LogP contribution in [0.2, 0.25) is 10.0 Å². The molecule has 0 spiro atoms. The molecule has 2 amide bonds. The smallest absolute Gasteiger partial charge is 0.319 e. The minimum Gasteiger partial charge on any atom is -0.331 e. The third-order valence-corrected chi connectivity index (χ3v) is 3.59. The number of nitrogens with one attached hydrogen (secondary N) is 2. The van der Waals surface area contributed by atoms with Crippen LogP contribution in [0, 0.1) is 0 Å². The fourth-order valence-electron chi connectivity index (χ4n) is 1.97. The third-order valence-electron chi connectivity index (χ3n) is 3.09. The van der Waals surface area contributed by atoms with Gasteiger partial charge in [0.2, 0.25) is 0 Å². The van der Waals surface area contributed by atoms with E-state index in [2.05, 4.69) is 10.6 Å². The second-order valence-corrected chi connectivity index (χ2v) is 5.49. The molecule has 0 saturated carbocycles. The highest BCUT2D eigenvalue weighted by Crippen LogP contribution is 2.19. The Labute approximate surface area is 134 Å². The summed E-state index contributed by atoms with van der Waals surface area (Å²) in [7, 11) is 0. The zero-order chi connectivity index (χ0) is 15.2. The Bertz CT molecular complexity index is 597. The zero-order valence-electron chi connectivity index (χ0n) is 11.6. The molecule has 2 aromatic carbocycles. The van der Waals surface area contributed by atoms with Crippen molar-refractivity contribution in [3.63, 3.8) is 0 Å². The summed E-state index contributed by atoms with van der Waals surface area (Å²) in [5, 5.41) is 7.03. The predicted molar refractivity (Wildman–Crippen MR) is 88.1 cm³/mol. The Hall–Kier alpha value is -1.71. The van der Waals surface area contributed by atoms with Crippen LogP contribution < -0.4 is 10.6 Å². The molecule has 3 nitrogen and oxygen atoms in total. The van der Waals surface area contributed by atoms with Gasteiger partial charge in [0.1, 0.15) is 0 Å². The van der Waals surface area contributed by atoms with Gasteiger partial charge in [-0.2, -0.15) is 0 Å². The Kier molecular flexibility index (Phi) is 5.48. The number of anilines is 1. The van der Waals surface area contributed by atoms with Crippen molar-refractivity contribution in [3.05, 3.63) is 64.1 Å². The molecule has 0 saturated heterocycles. The van der Waals surface area contributed by atoms with Crippen molar-refractivity contribution in [3.8, 4) is 0 Å². The van der Waals surface area contributed by atoms with Gasteiger partial charge in [0, 0.05) is 15.7 Å². The van der Waals surface area contributed by atoms with Gasteiger partial charge in [-0.25, -0.2) is 4.79 Å². The van der Waals surface area contributed by atoms with Gasteiger partial charge in [0.15, 0.2) is 0 Å². The highest BCUT2D eigenvalue weighted by Gasteiger charge is 2.12. The van der Waals surface area contributed by atoms with E-state index in [0.717, 1.165) is 12.0 Å². The van der Waals surface area contributed by atoms with Crippen molar-refractivity contribution in [2.75, 3.05) is 5.32 Å². The van der Waals surface area contributed by atoms with Crippen molar-refractivity contribution >= 4 is 34.9 Å². The molecule has 21 heavy (non-hydrogen) atoms. The normalized spacial score (nSPS) is 11.8. The molecule has 1 unspecified atom stereocenters. The summed E-state index contributed by atoms with van der Waals surface area (Å²) in [5.74, 6) is 0. The molecule has 2 N–H and O–H groups in total. The topological polar surface area (TPSA) is 41.1 Å². The van der Waals surface area contributed by atoms with E-state index < -0.39 is 0 Å². The molecule has 0 aliphatic carbocycles. The lowest BCUT2D eigenvalue weighted by Gasteiger charge is -2.18. The molecule has 2 aromatic rings. The molecule has 0 aliphatic rings. The first-order chi connectivity index (χ1) is 10.1. The maximum atomic E-state index is 12.0. The van der Waals surface area contributed by atoms with Crippen molar-refractivity contribution in [2.45, 2.75) is 19.4 Å². The van der Waals surface area contributed by atoms with E-state index in [9.17, 15) is 4.79 Å². The number of rotatable bonds is 4. The molecular formula is C16H16Cl2N2O. The maximum Gasteiger partial charge on any atom is 0.319 e. The molecule has 1 atom stereocenters. The minimum atomic E-state index is -0.251. The van der Waals surface area contributed by atoms with Gasteiger partial charge < -0.3 is 10.6 Å². The second-order valence-electron chi connectivity index (χ2n) is 4.62. The third kappa shape index (κ3) is 4.66. The molecular weight excluding hydrogens is 307 g/mol. The van der Waals surface area contributed by atoms with Crippen LogP contribution in [0.4, 0.5) is 10.5 Å². The lowest BCUT2D eigenvalue weighted by Crippen LogP contribution is -2.32. The van der Waals surface area contributed by atoms with Crippen LogP contribution in [0.15, 0.2) is 48.5 Å². The van der Waals surface area contributed by atoms with Gasteiger partial charge in [-0.15, -0.1) is 0 Å². The maximum absolute atomic E-state index is 12.0. The van der Waals surface area contributed by atoms with E-state index in [-0.39, 0.29) is 12.1 Å². The first kappa shape index (κ1) is 15.7. The van der Waals surface area contributed by atoms with Gasteiger partial charge in [-0.05, 0) is 48.4 Å². The highest BCUT2D eigenvalue weighted by atomic mass is 35.5. The van der Waals surface area contributed by atoms with E-state index in [4.69, 9.17) is 23.2 Å². The SMILES string of the molecule is CCC(NC(=O)Nc1ccc(Cl)cc1)c1ccc(Cl)cc1. The number of urea groups is 1. The number of hydrogen-bond donors (Lipinski definition) is 2. The fourth-order valence-corrected chi connectivity index (χ4v) is 2.23. The quantitative estimate of drug-likeness (QED) is 0.791. The molecule has 0 fully saturated rings. The first-order valence-electron chi connectivity index (χ1n) is 6.67. The first-order valence-corrected chi connectivity index (χ1v) is 7.42. The van der Waals surface area contributed by atoms with Crippen molar-refractivity contribution < 1.29 is 4.79 Å². The zero-order valence-corrected chi connectivity index (χ0v) is 13.1. The van der Waals surface area contributed by atoms with Crippen LogP contribution in [0.5, 0.6) is 0 Å². The summed E-state index contributed by atoms with van der Waals surface area (Å²) < 4.78 is 0. The Morgan fingerprint density at radius 2 is 1.52 bits per heavy atom. The van der Waals surface area contributed by atoms with Gasteiger partial charge in [0.05, 0.1) is 6.04 Å². The Morgan fingerprint density at radius 1 is 1.00 bits per heavy atom. The summed E-state index contributed by atoms with van der Waals surface area (Å²) >= 11 is 11.7. The average molecular weight is 323 g/mol. The lowest BCUT2D eigenvalue weighted by atomic mass is 10.1. The molecule has 0 aromatic heterocycles. The van der Waals surface area contributed by atoms with Gasteiger partial charge in [-0.1, -0.05) is 42.3 Å². The summed E-state index contributed by atoms with van der Waals surface area (Å²) in [6, 6.07) is 14.1. The number of benzene rings is 2. The van der Waals surface area contributed by atoms with Crippen LogP contribution in [0.1, 0.15) is 24.9 Å². The number of amides is 2. The standard InChI is InChI=1S/C16H16Cl2N2O/c1-2-15(11-3-5-12(17)6-4-11)20-16(21)19-14-9-7-13(18)8-10-14/h3-10,15H,2H2,1H3,(H2,19,20,21). The monoisotopic (exact) mass is 322 g/mol. The molecule has 0 heterocycles. The summed E-state index contributed by atoms with van der Waals surface area (Å²) in [6.45, 7) is 2.02. The average Bonchev–Trinajstić information content (AvgIpc) is 2.48. The van der Waals surface area contributed by atoms with Crippen molar-refractivity contribution in [1.29, 1.82) is 0 Å². The number of carbonyl (C=O) groups is 1. The summed E-state index contributed by atoms with van der Waals surface area (Å²) in [6.07, 6.45) is 0.787. The van der Waals surface area contributed by atoms with E-state index in [1.165, 1.54) is 0 Å². The predicted octanol–water partition coefficient (Wildman–Crippen LogP) is 5.27. The van der Waals surface area contributed by atoms with E-state index in [1.807, 2.05) is 31.2 Å². The van der Waals surface area contributed by atoms with Crippen molar-refractivity contribution in [1.82, 2.24) is 5.32 Å². The minimum absolute atomic E-state index is 0.0606. The highest BCUT2D eigenvalue weighted by molar-refractivity contribution is 6.30. The van der Waals surface area contributed by atoms with Crippen molar-refractivity contribution in [2.24, 2.45) is 0 Å². The van der Waals surface area contributed by atoms with E-state index >= 15 is 0 Å². The molecule has 0 aliphatic heterocycles. The van der Waals surface area contributed by atoms with E-state index in [0.29, 0.717) is 15.7 Å². The van der Waals surface area contributed by atoms with Gasteiger partial charge in [0.25, 0.3) is 0 Å². The molecule has 0 radical (unpaired) electrons. The fraction of sp³-hybridized carbons (Fsp3) is 0.188. The van der Waals surface area contributed by atoms with Gasteiger partial charge >= 0.3 is 6.03 Å². The molecule has 5 heteroatoms. The Morgan fingerprint density at radius 3 is 2.05 bits per heavy atom. The largest absolute Gasteiger partial charge is 0.331 e. The molecule has 0 bridgehead atoms. The summed E-state index contributed by atoms with van der Waals surface area (Å²) in [4.78, 5) is 12.0. The number of halogens is 2. The number of carbonyl (C=O) groups excluding carboxylic acids is 1. The summed E-state index contributed by atoms with van der Waals surface area (Å²) in [5.41, 5.74) is 1.72. The van der Waals surface area contributed by atoms with Gasteiger partial charge in [-0.3, -0.25) is 0 Å². The van der Waals surface area contributed by atoms with E-state index in [1.54, 1.807) is 24.3 Å².